The van der Waals surface area contributed by atoms with E-state index in [0.29, 0.717) is 5.56 Å². The molecule has 0 aliphatic carbocycles. The van der Waals surface area contributed by atoms with Crippen molar-refractivity contribution in [2.45, 2.75) is 12.8 Å². The number of benzene rings is 1. The van der Waals surface area contributed by atoms with Gasteiger partial charge in [-0.25, -0.2) is 0 Å². The van der Waals surface area contributed by atoms with Gasteiger partial charge in [0.15, 0.2) is 0 Å². The normalized spacial score (nSPS) is 15.6. The van der Waals surface area contributed by atoms with E-state index in [-0.39, 0.29) is 0 Å². The van der Waals surface area contributed by atoms with Crippen LogP contribution in [-0.2, 0) is 0 Å². The molecule has 0 unspecified atom stereocenters. The van der Waals surface area contributed by atoms with E-state index in [1.807, 2.05) is 18.2 Å². The summed E-state index contributed by atoms with van der Waals surface area (Å²) in [7, 11) is 0. The van der Waals surface area contributed by atoms with Crippen LogP contribution in [0.5, 0.6) is 0 Å². The lowest BCUT2D eigenvalue weighted by atomic mass is 10.2. The maximum Gasteiger partial charge on any atom is 0.0992 e. The molecule has 1 heterocycles. The average molecular weight is 251 g/mol. The van der Waals surface area contributed by atoms with Crippen LogP contribution >= 0.6 is 15.9 Å². The van der Waals surface area contributed by atoms with E-state index in [4.69, 9.17) is 5.26 Å². The molecular formula is C11H11BrN2. The summed E-state index contributed by atoms with van der Waals surface area (Å²) in [6.45, 7) is 2.26. The number of rotatable bonds is 1. The highest BCUT2D eigenvalue weighted by Gasteiger charge is 2.14. The Bertz CT molecular complexity index is 375. The predicted molar refractivity (Wildman–Crippen MR) is 60.3 cm³/mol. The Kier molecular flexibility index (Phi) is 2.74. The van der Waals surface area contributed by atoms with Crippen LogP contribution in [0.25, 0.3) is 0 Å². The van der Waals surface area contributed by atoms with Gasteiger partial charge in [-0.05, 0) is 47.0 Å². The second kappa shape index (κ2) is 4.02. The van der Waals surface area contributed by atoms with Gasteiger partial charge in [-0.2, -0.15) is 5.26 Å². The maximum absolute atomic E-state index is 8.73. The van der Waals surface area contributed by atoms with Crippen molar-refractivity contribution < 1.29 is 0 Å². The minimum Gasteiger partial charge on any atom is -0.371 e. The third-order valence-electron chi connectivity index (χ3n) is 2.52. The lowest BCUT2D eigenvalue weighted by Gasteiger charge is -2.19. The van der Waals surface area contributed by atoms with Gasteiger partial charge in [0.25, 0.3) is 0 Å². The third kappa shape index (κ3) is 1.76. The Labute approximate surface area is 92.3 Å². The molecule has 0 bridgehead atoms. The van der Waals surface area contributed by atoms with Crippen LogP contribution in [0.2, 0.25) is 0 Å². The van der Waals surface area contributed by atoms with E-state index in [0.717, 1.165) is 17.6 Å². The molecule has 1 fully saturated rings. The molecule has 0 N–H and O–H groups in total. The van der Waals surface area contributed by atoms with Crippen molar-refractivity contribution in [2.24, 2.45) is 0 Å². The van der Waals surface area contributed by atoms with Crippen molar-refractivity contribution in [3.8, 4) is 6.07 Å². The average Bonchev–Trinajstić information content (AvgIpc) is 2.70. The van der Waals surface area contributed by atoms with Crippen LogP contribution in [0.4, 0.5) is 5.69 Å². The van der Waals surface area contributed by atoms with Crippen LogP contribution in [0.1, 0.15) is 18.4 Å². The molecule has 14 heavy (non-hydrogen) atoms. The van der Waals surface area contributed by atoms with Gasteiger partial charge in [-0.1, -0.05) is 0 Å². The number of nitrogens with zero attached hydrogens (tertiary/aromatic N) is 2. The second-order valence-corrected chi connectivity index (χ2v) is 4.33. The van der Waals surface area contributed by atoms with Gasteiger partial charge < -0.3 is 4.90 Å². The SMILES string of the molecule is N#Cc1ccc(N2CCCC2)c(Br)c1. The zero-order valence-electron chi connectivity index (χ0n) is 7.83. The monoisotopic (exact) mass is 250 g/mol. The van der Waals surface area contributed by atoms with Gasteiger partial charge in [0, 0.05) is 17.6 Å². The predicted octanol–water partition coefficient (Wildman–Crippen LogP) is 2.92. The van der Waals surface area contributed by atoms with Crippen molar-refractivity contribution >= 4 is 21.6 Å². The van der Waals surface area contributed by atoms with Gasteiger partial charge >= 0.3 is 0 Å². The Morgan fingerprint density at radius 1 is 1.29 bits per heavy atom. The quantitative estimate of drug-likeness (QED) is 0.767. The van der Waals surface area contributed by atoms with Crippen LogP contribution < -0.4 is 4.90 Å². The van der Waals surface area contributed by atoms with Crippen molar-refractivity contribution in [3.05, 3.63) is 28.2 Å². The van der Waals surface area contributed by atoms with E-state index in [2.05, 4.69) is 26.9 Å². The molecule has 0 saturated carbocycles. The zero-order chi connectivity index (χ0) is 9.97. The molecule has 1 saturated heterocycles. The van der Waals surface area contributed by atoms with Crippen LogP contribution in [-0.4, -0.2) is 13.1 Å². The molecule has 1 aromatic carbocycles. The highest BCUT2D eigenvalue weighted by atomic mass is 79.9. The Hall–Kier alpha value is -1.01. The number of anilines is 1. The fourth-order valence-electron chi connectivity index (χ4n) is 1.79. The van der Waals surface area contributed by atoms with E-state index >= 15 is 0 Å². The molecular weight excluding hydrogens is 240 g/mol. The summed E-state index contributed by atoms with van der Waals surface area (Å²) in [4.78, 5) is 2.35. The molecule has 0 atom stereocenters. The summed E-state index contributed by atoms with van der Waals surface area (Å²) < 4.78 is 1.03. The lowest BCUT2D eigenvalue weighted by molar-refractivity contribution is 0.949. The summed E-state index contributed by atoms with van der Waals surface area (Å²) in [5, 5.41) is 8.73. The fraction of sp³-hybridized carbons (Fsp3) is 0.364. The smallest absolute Gasteiger partial charge is 0.0992 e. The molecule has 0 spiro atoms. The molecule has 1 aliphatic rings. The number of hydrogen-bond acceptors (Lipinski definition) is 2. The Morgan fingerprint density at radius 3 is 2.57 bits per heavy atom. The number of halogens is 1. The fourth-order valence-corrected chi connectivity index (χ4v) is 2.42. The molecule has 1 aliphatic heterocycles. The molecule has 2 nitrogen and oxygen atoms in total. The van der Waals surface area contributed by atoms with E-state index in [1.54, 1.807) is 0 Å². The summed E-state index contributed by atoms with van der Waals surface area (Å²) in [6, 6.07) is 7.91. The summed E-state index contributed by atoms with van der Waals surface area (Å²) in [5.41, 5.74) is 1.92. The van der Waals surface area contributed by atoms with Crippen LogP contribution in [0.3, 0.4) is 0 Å². The van der Waals surface area contributed by atoms with Crippen molar-refractivity contribution in [1.29, 1.82) is 5.26 Å². The zero-order valence-corrected chi connectivity index (χ0v) is 9.42. The van der Waals surface area contributed by atoms with Gasteiger partial charge in [-0.15, -0.1) is 0 Å². The Balaban J connectivity index is 2.30. The second-order valence-electron chi connectivity index (χ2n) is 3.47. The van der Waals surface area contributed by atoms with Crippen LogP contribution in [0.15, 0.2) is 22.7 Å². The standard InChI is InChI=1S/C11H11BrN2/c12-10-7-9(8-13)3-4-11(10)14-5-1-2-6-14/h3-4,7H,1-2,5-6H2. The lowest BCUT2D eigenvalue weighted by Crippen LogP contribution is -2.17. The first-order valence-electron chi connectivity index (χ1n) is 4.76. The first kappa shape index (κ1) is 9.54. The van der Waals surface area contributed by atoms with Crippen molar-refractivity contribution in [3.63, 3.8) is 0 Å². The van der Waals surface area contributed by atoms with Gasteiger partial charge in [-0.3, -0.25) is 0 Å². The topological polar surface area (TPSA) is 27.0 Å². The molecule has 0 amide bonds. The summed E-state index contributed by atoms with van der Waals surface area (Å²) >= 11 is 3.51. The molecule has 0 radical (unpaired) electrons. The molecule has 72 valence electrons. The first-order chi connectivity index (χ1) is 6.81. The molecule has 0 aromatic heterocycles. The number of nitriles is 1. The van der Waals surface area contributed by atoms with Gasteiger partial charge in [0.1, 0.15) is 0 Å². The Morgan fingerprint density at radius 2 is 2.00 bits per heavy atom. The molecule has 2 rings (SSSR count). The minimum absolute atomic E-state index is 0.708. The van der Waals surface area contributed by atoms with Crippen LogP contribution in [0, 0.1) is 11.3 Å². The van der Waals surface area contributed by atoms with E-state index in [1.165, 1.54) is 18.5 Å². The van der Waals surface area contributed by atoms with E-state index in [9.17, 15) is 0 Å². The molecule has 1 aromatic rings. The van der Waals surface area contributed by atoms with Crippen molar-refractivity contribution in [1.82, 2.24) is 0 Å². The first-order valence-corrected chi connectivity index (χ1v) is 5.55. The largest absolute Gasteiger partial charge is 0.371 e. The highest BCUT2D eigenvalue weighted by Crippen LogP contribution is 2.29. The van der Waals surface area contributed by atoms with E-state index < -0.39 is 0 Å². The third-order valence-corrected chi connectivity index (χ3v) is 3.16. The minimum atomic E-state index is 0.708. The molecule has 3 heteroatoms. The highest BCUT2D eigenvalue weighted by molar-refractivity contribution is 9.10. The van der Waals surface area contributed by atoms with Gasteiger partial charge in [0.2, 0.25) is 0 Å². The summed E-state index contributed by atoms with van der Waals surface area (Å²) in [6.07, 6.45) is 2.54. The van der Waals surface area contributed by atoms with Gasteiger partial charge in [0.05, 0.1) is 17.3 Å². The number of hydrogen-bond donors (Lipinski definition) is 0. The maximum atomic E-state index is 8.73. The van der Waals surface area contributed by atoms with Crippen molar-refractivity contribution in [2.75, 3.05) is 18.0 Å². The summed E-state index contributed by atoms with van der Waals surface area (Å²) in [5.74, 6) is 0.